The Labute approximate surface area is 64.6 Å². The topological polar surface area (TPSA) is 13.1 Å². The Balaban J connectivity index is 3.08. The second-order valence-corrected chi connectivity index (χ2v) is 4.84. The van der Waals surface area contributed by atoms with Gasteiger partial charge in [-0.05, 0) is 0 Å². The smallest absolute Gasteiger partial charge is 0.145 e. The molecule has 0 atom stereocenters. The monoisotopic (exact) mass is 174 g/mol. The molecule has 0 saturated heterocycles. The van der Waals surface area contributed by atoms with Crippen LogP contribution in [0.2, 0.25) is 0 Å². The average molecular weight is 174 g/mol. The molecule has 0 fully saturated rings. The van der Waals surface area contributed by atoms with E-state index < -0.39 is 0 Å². The van der Waals surface area contributed by atoms with E-state index in [1.54, 1.807) is 35.2 Å². The van der Waals surface area contributed by atoms with Crippen LogP contribution in [0.4, 0.5) is 0 Å². The van der Waals surface area contributed by atoms with Crippen molar-refractivity contribution in [1.29, 1.82) is 0 Å². The molecule has 0 aliphatic rings. The molecule has 0 aliphatic heterocycles. The minimum Gasteiger partial charge on any atom is -0.470 e. The highest BCUT2D eigenvalue weighted by atomic mass is 32.2. The molecule has 0 N–H and O–H groups in total. The Kier molecular flexibility index (Phi) is 1.18. The zero-order valence-corrected chi connectivity index (χ0v) is 6.74. The maximum absolute atomic E-state index is 4.96. The predicted molar refractivity (Wildman–Crippen MR) is 42.8 cm³/mol. The van der Waals surface area contributed by atoms with Crippen molar-refractivity contribution in [2.45, 2.75) is 0 Å². The van der Waals surface area contributed by atoms with E-state index in [1.807, 2.05) is 0 Å². The van der Waals surface area contributed by atoms with E-state index in [9.17, 15) is 0 Å². The summed E-state index contributed by atoms with van der Waals surface area (Å²) in [5.74, 6) is 0. The molecule has 0 unspecified atom stereocenters. The molecule has 4 heteroatoms. The molecule has 0 radical (unpaired) electrons. The van der Waals surface area contributed by atoms with Gasteiger partial charge in [-0.25, -0.2) is 0 Å². The Morgan fingerprint density at radius 2 is 1.78 bits per heavy atom. The van der Waals surface area contributed by atoms with Crippen molar-refractivity contribution in [2.24, 2.45) is 0 Å². The van der Waals surface area contributed by atoms with Crippen molar-refractivity contribution in [3.05, 3.63) is 15.7 Å². The van der Waals surface area contributed by atoms with Gasteiger partial charge in [0.1, 0.15) is 15.7 Å². The molecule has 2 aromatic heterocycles. The lowest BCUT2D eigenvalue weighted by atomic mass is 10.7. The van der Waals surface area contributed by atoms with Gasteiger partial charge in [0.25, 0.3) is 0 Å². The molecule has 1 nitrogen and oxygen atoms in total. The summed E-state index contributed by atoms with van der Waals surface area (Å²) in [5, 5.41) is 0. The molecule has 46 valence electrons. The van der Waals surface area contributed by atoms with Crippen LogP contribution in [0.25, 0.3) is 9.40 Å². The molecular formula is C5H2OS3. The molecule has 0 spiro atoms. The summed E-state index contributed by atoms with van der Waals surface area (Å²) in [5.41, 5.74) is 0. The molecule has 2 rings (SSSR count). The standard InChI is InChI=1S/C5H2OS3/c7-5-8-3-1-6-2-4(3)9-5/h1-2H. The summed E-state index contributed by atoms with van der Waals surface area (Å²) < 4.78 is 8.22. The molecule has 0 saturated carbocycles. The highest BCUT2D eigenvalue weighted by Gasteiger charge is 1.96. The lowest BCUT2D eigenvalue weighted by Crippen LogP contribution is -1.32. The van der Waals surface area contributed by atoms with Gasteiger partial charge < -0.3 is 4.42 Å². The molecule has 9 heavy (non-hydrogen) atoms. The highest BCUT2D eigenvalue weighted by Crippen LogP contribution is 2.28. The molecular weight excluding hydrogens is 172 g/mol. The van der Waals surface area contributed by atoms with Crippen molar-refractivity contribution >= 4 is 44.3 Å². The van der Waals surface area contributed by atoms with Crippen LogP contribution < -0.4 is 0 Å². The van der Waals surface area contributed by atoms with Crippen LogP contribution >= 0.6 is 34.9 Å². The summed E-state index contributed by atoms with van der Waals surface area (Å²) in [6.45, 7) is 0. The highest BCUT2D eigenvalue weighted by molar-refractivity contribution is 7.77. The van der Waals surface area contributed by atoms with Gasteiger partial charge in [0.05, 0.1) is 9.40 Å². The maximum Gasteiger partial charge on any atom is 0.145 e. The zero-order chi connectivity index (χ0) is 6.27. The fraction of sp³-hybridized carbons (Fsp3) is 0. The lowest BCUT2D eigenvalue weighted by molar-refractivity contribution is 0.573. The second kappa shape index (κ2) is 1.90. The molecule has 0 aliphatic carbocycles. The van der Waals surface area contributed by atoms with Crippen molar-refractivity contribution in [3.63, 3.8) is 0 Å². The Hall–Kier alpha value is -0.190. The molecule has 0 amide bonds. The first-order valence-corrected chi connectivity index (χ1v) is 4.36. The van der Waals surface area contributed by atoms with E-state index in [-0.39, 0.29) is 0 Å². The number of hydrogen-bond acceptors (Lipinski definition) is 4. The summed E-state index contributed by atoms with van der Waals surface area (Å²) in [4.78, 5) is 0. The average Bonchev–Trinajstić information content (AvgIpc) is 2.22. The third kappa shape index (κ3) is 0.831. The quantitative estimate of drug-likeness (QED) is 0.568. The van der Waals surface area contributed by atoms with Gasteiger partial charge in [-0.15, -0.1) is 22.7 Å². The predicted octanol–water partition coefficient (Wildman–Crippen LogP) is 3.29. The summed E-state index contributed by atoms with van der Waals surface area (Å²) in [6.07, 6.45) is 3.46. The van der Waals surface area contributed by atoms with Crippen LogP contribution in [0.5, 0.6) is 0 Å². The largest absolute Gasteiger partial charge is 0.470 e. The molecule has 0 aromatic carbocycles. The number of fused-ring (bicyclic) bond motifs is 1. The molecule has 2 heterocycles. The van der Waals surface area contributed by atoms with Gasteiger partial charge in [0.2, 0.25) is 0 Å². The fourth-order valence-electron chi connectivity index (χ4n) is 0.623. The Morgan fingerprint density at radius 1 is 1.22 bits per heavy atom. The second-order valence-electron chi connectivity index (χ2n) is 1.55. The minimum absolute atomic E-state index is 0.968. The Morgan fingerprint density at radius 3 is 2.33 bits per heavy atom. The SMILES string of the molecule is S=c1sc2cocc2s1. The van der Waals surface area contributed by atoms with Crippen molar-refractivity contribution in [2.75, 3.05) is 0 Å². The molecule has 2 aromatic rings. The van der Waals surface area contributed by atoms with Crippen LogP contribution in [0.15, 0.2) is 16.9 Å². The van der Waals surface area contributed by atoms with E-state index in [1.165, 1.54) is 0 Å². The third-order valence-electron chi connectivity index (χ3n) is 0.980. The zero-order valence-electron chi connectivity index (χ0n) is 4.29. The molecule has 0 bridgehead atoms. The maximum atomic E-state index is 4.96. The fourth-order valence-corrected chi connectivity index (χ4v) is 2.98. The Bertz CT molecular complexity index is 335. The number of rotatable bonds is 0. The number of hydrogen-bond donors (Lipinski definition) is 0. The summed E-state index contributed by atoms with van der Waals surface area (Å²) >= 11 is 8.16. The first-order valence-electron chi connectivity index (χ1n) is 2.32. The van der Waals surface area contributed by atoms with E-state index in [2.05, 4.69) is 0 Å². The van der Waals surface area contributed by atoms with Gasteiger partial charge in [0, 0.05) is 0 Å². The van der Waals surface area contributed by atoms with Crippen LogP contribution in [0, 0.1) is 3.14 Å². The summed E-state index contributed by atoms with van der Waals surface area (Å²) in [7, 11) is 0. The number of furan rings is 1. The van der Waals surface area contributed by atoms with E-state index in [0.717, 1.165) is 12.5 Å². The summed E-state index contributed by atoms with van der Waals surface area (Å²) in [6, 6.07) is 0. The van der Waals surface area contributed by atoms with Gasteiger partial charge in [-0.2, -0.15) is 0 Å². The van der Waals surface area contributed by atoms with Gasteiger partial charge in [0.15, 0.2) is 0 Å². The third-order valence-corrected chi connectivity index (χ3v) is 3.51. The normalized spacial score (nSPS) is 10.7. The van der Waals surface area contributed by atoms with Gasteiger partial charge >= 0.3 is 0 Å². The first kappa shape index (κ1) is 5.58. The van der Waals surface area contributed by atoms with Crippen molar-refractivity contribution in [1.82, 2.24) is 0 Å². The van der Waals surface area contributed by atoms with Crippen LogP contribution in [0.3, 0.4) is 0 Å². The van der Waals surface area contributed by atoms with Gasteiger partial charge in [-0.3, -0.25) is 0 Å². The van der Waals surface area contributed by atoms with E-state index in [4.69, 9.17) is 16.6 Å². The van der Waals surface area contributed by atoms with E-state index in [0.29, 0.717) is 0 Å². The minimum atomic E-state index is 0.968. The van der Waals surface area contributed by atoms with E-state index >= 15 is 0 Å². The lowest BCUT2D eigenvalue weighted by Gasteiger charge is -1.60. The van der Waals surface area contributed by atoms with Crippen LogP contribution in [0.1, 0.15) is 0 Å². The van der Waals surface area contributed by atoms with Crippen molar-refractivity contribution < 1.29 is 4.42 Å². The first-order chi connectivity index (χ1) is 4.36. The van der Waals surface area contributed by atoms with Crippen molar-refractivity contribution in [3.8, 4) is 0 Å². The van der Waals surface area contributed by atoms with Gasteiger partial charge in [-0.1, -0.05) is 12.2 Å². The van der Waals surface area contributed by atoms with Crippen LogP contribution in [-0.4, -0.2) is 0 Å². The van der Waals surface area contributed by atoms with Crippen LogP contribution in [-0.2, 0) is 0 Å².